The lowest BCUT2D eigenvalue weighted by molar-refractivity contribution is -0.145. The minimum atomic E-state index is -1.65. The Kier molecular flexibility index (Phi) is 16.2. The third-order valence-corrected chi connectivity index (χ3v) is 5.24. The molecule has 0 bridgehead atoms. The van der Waals surface area contributed by atoms with Gasteiger partial charge >= 0.3 is 5.97 Å². The van der Waals surface area contributed by atoms with E-state index in [2.05, 4.69) is 25.9 Å². The number of guanidine groups is 2. The number of carbonyl (C=O) groups is 5. The number of nitrogens with one attached hydrogen (secondary N) is 3. The lowest BCUT2D eigenvalue weighted by Crippen LogP contribution is -2.58. The summed E-state index contributed by atoms with van der Waals surface area (Å²) in [5.74, 6) is -4.93. The smallest absolute Gasteiger partial charge is 0.328 e. The monoisotopic (exact) mass is 559 g/mol. The van der Waals surface area contributed by atoms with Gasteiger partial charge in [-0.1, -0.05) is 0 Å². The average molecular weight is 560 g/mol. The molecule has 5 atom stereocenters. The summed E-state index contributed by atoms with van der Waals surface area (Å²) in [4.78, 5) is 68.6. The van der Waals surface area contributed by atoms with Gasteiger partial charge in [0.25, 0.3) is 0 Å². The van der Waals surface area contributed by atoms with Crippen LogP contribution in [0.2, 0.25) is 0 Å². The van der Waals surface area contributed by atoms with Gasteiger partial charge in [-0.3, -0.25) is 29.2 Å². The number of hydrogen-bond donors (Lipinski definition) is 11. The molecule has 4 amide bonds. The quantitative estimate of drug-likeness (QED) is 0.0401. The summed E-state index contributed by atoms with van der Waals surface area (Å²) >= 11 is 0. The van der Waals surface area contributed by atoms with Crippen molar-refractivity contribution in [1.82, 2.24) is 16.0 Å². The summed E-state index contributed by atoms with van der Waals surface area (Å²) in [6.45, 7) is 1.41. The zero-order valence-electron chi connectivity index (χ0n) is 21.8. The van der Waals surface area contributed by atoms with Crippen molar-refractivity contribution in [3.63, 3.8) is 0 Å². The molecular formula is C21H41N11O7. The number of carboxylic acid groups (broad SMARTS) is 1. The summed E-state index contributed by atoms with van der Waals surface area (Å²) < 4.78 is 0. The van der Waals surface area contributed by atoms with Gasteiger partial charge in [-0.05, 0) is 39.0 Å². The van der Waals surface area contributed by atoms with E-state index in [-0.39, 0.29) is 63.5 Å². The second-order valence-corrected chi connectivity index (χ2v) is 8.70. The first-order chi connectivity index (χ1) is 18.1. The van der Waals surface area contributed by atoms with Crippen LogP contribution in [-0.2, 0) is 24.0 Å². The van der Waals surface area contributed by atoms with E-state index in [9.17, 15) is 34.2 Å². The molecule has 0 saturated heterocycles. The van der Waals surface area contributed by atoms with Crippen molar-refractivity contribution in [2.24, 2.45) is 44.4 Å². The molecule has 0 aromatic carbocycles. The SMILES string of the molecule is CC(O)C(NC(=O)C(CCCN=C(N)N)NC(=O)C(CCCN=C(N)N)NC(=O)C(N)CCC(N)=O)C(=O)O. The van der Waals surface area contributed by atoms with Crippen LogP contribution >= 0.6 is 0 Å². The van der Waals surface area contributed by atoms with Gasteiger partial charge in [0.1, 0.15) is 12.1 Å². The molecular weight excluding hydrogens is 518 g/mol. The zero-order chi connectivity index (χ0) is 30.1. The molecule has 0 saturated carbocycles. The number of carbonyl (C=O) groups excluding carboxylic acids is 4. The van der Waals surface area contributed by atoms with E-state index in [1.54, 1.807) is 0 Å². The normalized spacial score (nSPS) is 14.4. The van der Waals surface area contributed by atoms with E-state index < -0.39 is 59.9 Å². The fourth-order valence-electron chi connectivity index (χ4n) is 3.17. The van der Waals surface area contributed by atoms with Gasteiger partial charge in [0.2, 0.25) is 23.6 Å². The highest BCUT2D eigenvalue weighted by atomic mass is 16.4. The average Bonchev–Trinajstić information content (AvgIpc) is 2.83. The number of aliphatic imine (C=N–C) groups is 2. The van der Waals surface area contributed by atoms with E-state index in [1.165, 1.54) is 6.92 Å². The van der Waals surface area contributed by atoms with Crippen LogP contribution in [0.5, 0.6) is 0 Å². The van der Waals surface area contributed by atoms with Gasteiger partial charge in [-0.25, -0.2) is 4.79 Å². The largest absolute Gasteiger partial charge is 0.480 e. The van der Waals surface area contributed by atoms with Crippen LogP contribution in [0.15, 0.2) is 9.98 Å². The topological polar surface area (TPSA) is 343 Å². The highest BCUT2D eigenvalue weighted by Gasteiger charge is 2.31. The third kappa shape index (κ3) is 15.6. The summed E-state index contributed by atoms with van der Waals surface area (Å²) in [5, 5.41) is 26.1. The molecule has 17 N–H and O–H groups in total. The molecule has 0 rings (SSSR count). The lowest BCUT2D eigenvalue weighted by atomic mass is 10.1. The number of aliphatic hydroxyl groups is 1. The van der Waals surface area contributed by atoms with E-state index >= 15 is 0 Å². The van der Waals surface area contributed by atoms with Gasteiger partial charge in [-0.2, -0.15) is 0 Å². The van der Waals surface area contributed by atoms with Crippen molar-refractivity contribution in [3.05, 3.63) is 0 Å². The molecule has 0 heterocycles. The first kappa shape index (κ1) is 34.8. The predicted molar refractivity (Wildman–Crippen MR) is 141 cm³/mol. The number of nitrogens with zero attached hydrogens (tertiary/aromatic N) is 2. The molecule has 0 aromatic heterocycles. The number of aliphatic carboxylic acids is 1. The Balaban J connectivity index is 5.74. The molecule has 18 heteroatoms. The molecule has 0 spiro atoms. The van der Waals surface area contributed by atoms with Crippen LogP contribution in [0.4, 0.5) is 0 Å². The second-order valence-electron chi connectivity index (χ2n) is 8.70. The summed E-state index contributed by atoms with van der Waals surface area (Å²) in [6, 6.07) is -5.28. The van der Waals surface area contributed by atoms with Crippen molar-refractivity contribution in [2.45, 2.75) is 75.7 Å². The minimum absolute atomic E-state index is 0.0205. The number of nitrogens with two attached hydrogens (primary N) is 6. The molecule has 0 fully saturated rings. The molecule has 39 heavy (non-hydrogen) atoms. The Morgan fingerprint density at radius 1 is 0.744 bits per heavy atom. The second kappa shape index (κ2) is 18.1. The highest BCUT2D eigenvalue weighted by molar-refractivity contribution is 5.94. The lowest BCUT2D eigenvalue weighted by Gasteiger charge is -2.25. The fraction of sp³-hybridized carbons (Fsp3) is 0.667. The van der Waals surface area contributed by atoms with Gasteiger partial charge in [-0.15, -0.1) is 0 Å². The number of aliphatic hydroxyl groups excluding tert-OH is 1. The summed E-state index contributed by atoms with van der Waals surface area (Å²) in [6.07, 6.45) is -1.18. The van der Waals surface area contributed by atoms with Crippen molar-refractivity contribution < 1.29 is 34.2 Å². The van der Waals surface area contributed by atoms with Crippen molar-refractivity contribution in [1.29, 1.82) is 0 Å². The van der Waals surface area contributed by atoms with Gasteiger partial charge in [0.15, 0.2) is 18.0 Å². The van der Waals surface area contributed by atoms with E-state index in [0.29, 0.717) is 0 Å². The van der Waals surface area contributed by atoms with Crippen LogP contribution in [-0.4, -0.2) is 95.1 Å². The molecule has 0 aliphatic heterocycles. The predicted octanol–water partition coefficient (Wildman–Crippen LogP) is -5.39. The zero-order valence-corrected chi connectivity index (χ0v) is 21.8. The maximum absolute atomic E-state index is 13.2. The molecule has 5 unspecified atom stereocenters. The number of carboxylic acids is 1. The van der Waals surface area contributed by atoms with Crippen molar-refractivity contribution in [2.75, 3.05) is 13.1 Å². The Morgan fingerprint density at radius 3 is 1.56 bits per heavy atom. The minimum Gasteiger partial charge on any atom is -0.480 e. The maximum atomic E-state index is 13.2. The van der Waals surface area contributed by atoms with Gasteiger partial charge in [0, 0.05) is 19.5 Å². The molecule has 18 nitrogen and oxygen atoms in total. The van der Waals surface area contributed by atoms with Crippen LogP contribution in [0, 0.1) is 0 Å². The number of hydrogen-bond acceptors (Lipinski definition) is 9. The summed E-state index contributed by atoms with van der Waals surface area (Å²) in [7, 11) is 0. The Morgan fingerprint density at radius 2 is 1.18 bits per heavy atom. The Bertz CT molecular complexity index is 903. The molecule has 0 aliphatic carbocycles. The Hall–Kier alpha value is -4.19. The molecule has 222 valence electrons. The van der Waals surface area contributed by atoms with Crippen molar-refractivity contribution in [3.8, 4) is 0 Å². The van der Waals surface area contributed by atoms with E-state index in [1.807, 2.05) is 0 Å². The number of amides is 4. The summed E-state index contributed by atoms with van der Waals surface area (Å²) in [5.41, 5.74) is 32.1. The van der Waals surface area contributed by atoms with Crippen molar-refractivity contribution >= 4 is 41.5 Å². The number of rotatable bonds is 19. The van der Waals surface area contributed by atoms with Gasteiger partial charge in [0.05, 0.1) is 12.1 Å². The molecule has 0 radical (unpaired) electrons. The van der Waals surface area contributed by atoms with Crippen LogP contribution in [0.1, 0.15) is 45.4 Å². The molecule has 0 aliphatic rings. The Labute approximate surface area is 225 Å². The van der Waals surface area contributed by atoms with E-state index in [4.69, 9.17) is 34.4 Å². The molecule has 0 aromatic rings. The number of primary amides is 1. The van der Waals surface area contributed by atoms with E-state index in [0.717, 1.165) is 0 Å². The maximum Gasteiger partial charge on any atom is 0.328 e. The standard InChI is InChI=1S/C21H41N11O7/c1-10(33)15(19(38)39)32-18(37)13(5-3-9-29-21(26)27)31-17(36)12(4-2-8-28-20(24)25)30-16(35)11(22)6-7-14(23)34/h10-13,15,33H,2-9,22H2,1H3,(H2,23,34)(H,30,35)(H,31,36)(H,32,37)(H,38,39)(H4,24,25,28)(H4,26,27,29). The van der Waals surface area contributed by atoms with Crippen LogP contribution < -0.4 is 50.4 Å². The first-order valence-corrected chi connectivity index (χ1v) is 12.1. The third-order valence-electron chi connectivity index (χ3n) is 5.24. The van der Waals surface area contributed by atoms with Gasteiger partial charge < -0.3 is 60.6 Å². The van der Waals surface area contributed by atoms with Crippen LogP contribution in [0.25, 0.3) is 0 Å². The fourth-order valence-corrected chi connectivity index (χ4v) is 3.17. The van der Waals surface area contributed by atoms with Crippen LogP contribution in [0.3, 0.4) is 0 Å². The first-order valence-electron chi connectivity index (χ1n) is 12.1. The highest BCUT2D eigenvalue weighted by Crippen LogP contribution is 2.06.